The van der Waals surface area contributed by atoms with Gasteiger partial charge in [-0.25, -0.2) is 0 Å². The summed E-state index contributed by atoms with van der Waals surface area (Å²) in [5.41, 5.74) is 1.81. The highest BCUT2D eigenvalue weighted by atomic mass is 32.2. The van der Waals surface area contributed by atoms with E-state index in [1.807, 2.05) is 13.8 Å². The number of ether oxygens (including phenoxy) is 2. The number of benzene rings is 1. The average molecular weight is 820 g/mol. The van der Waals surface area contributed by atoms with Crippen molar-refractivity contribution in [2.45, 2.75) is 161 Å². The van der Waals surface area contributed by atoms with Crippen LogP contribution in [0.3, 0.4) is 0 Å². The van der Waals surface area contributed by atoms with Gasteiger partial charge in [-0.3, -0.25) is 4.79 Å². The minimum atomic E-state index is -1.45. The molecular weight excluding hydrogens is 748 g/mol. The molecule has 0 aromatic heterocycles. The molecule has 1 aliphatic rings. The largest absolute Gasteiger partial charge is 0.481 e. The molecule has 1 saturated heterocycles. The van der Waals surface area contributed by atoms with E-state index in [-0.39, 0.29) is 5.92 Å². The molecule has 1 aliphatic heterocycles. The van der Waals surface area contributed by atoms with Crippen LogP contribution in [0, 0.1) is 5.41 Å². The molecule has 12 heteroatoms. The molecule has 1 aromatic carbocycles. The van der Waals surface area contributed by atoms with E-state index in [1.54, 1.807) is 23.5 Å². The van der Waals surface area contributed by atoms with Crippen LogP contribution in [-0.4, -0.2) is 109 Å². The van der Waals surface area contributed by atoms with E-state index in [9.17, 15) is 30.3 Å². The van der Waals surface area contributed by atoms with Crippen LogP contribution in [0.2, 0.25) is 0 Å². The quantitative estimate of drug-likeness (QED) is 0.0315. The molecule has 0 amide bonds. The zero-order valence-electron chi connectivity index (χ0n) is 33.3. The van der Waals surface area contributed by atoms with Crippen LogP contribution in [0.1, 0.15) is 135 Å². The first kappa shape index (κ1) is 48.8. The Morgan fingerprint density at radius 2 is 1.47 bits per heavy atom. The molecule has 0 aliphatic carbocycles. The Balaban J connectivity index is 2.26. The predicted molar refractivity (Wildman–Crippen MR) is 230 cm³/mol. The number of thiocarbonyl (C=S) groups is 1. The molecule has 53 heavy (non-hydrogen) atoms. The van der Waals surface area contributed by atoms with Gasteiger partial charge in [-0.2, -0.15) is 0 Å². The summed E-state index contributed by atoms with van der Waals surface area (Å²) in [6, 6.07) is 9.15. The Bertz CT molecular complexity index is 1140. The number of aliphatic hydroxyl groups is 4. The van der Waals surface area contributed by atoms with Gasteiger partial charge in [-0.1, -0.05) is 89.4 Å². The van der Waals surface area contributed by atoms with E-state index in [0.29, 0.717) is 13.0 Å². The molecular formula is C41H72O8PS3+. The Morgan fingerprint density at radius 3 is 2.04 bits per heavy atom. The van der Waals surface area contributed by atoms with E-state index in [2.05, 4.69) is 45.0 Å². The zero-order valence-corrected chi connectivity index (χ0v) is 36.6. The lowest BCUT2D eigenvalue weighted by molar-refractivity contribution is -0.300. The highest BCUT2D eigenvalue weighted by Gasteiger charge is 2.44. The number of aliphatic hydroxyl groups excluding tert-OH is 4. The first-order valence-corrected chi connectivity index (χ1v) is 25.1. The Hall–Kier alpha value is -0.330. The Labute approximate surface area is 335 Å². The lowest BCUT2D eigenvalue weighted by Gasteiger charge is -2.39. The molecule has 1 heterocycles. The topological polar surface area (TPSA) is 137 Å². The van der Waals surface area contributed by atoms with Gasteiger partial charge >= 0.3 is 5.97 Å². The maximum Gasteiger partial charge on any atom is 0.309 e. The smallest absolute Gasteiger partial charge is 0.309 e. The first-order valence-electron chi connectivity index (χ1n) is 20.2. The van der Waals surface area contributed by atoms with Crippen molar-refractivity contribution in [1.29, 1.82) is 0 Å². The van der Waals surface area contributed by atoms with E-state index < -0.39 is 56.0 Å². The van der Waals surface area contributed by atoms with Crippen LogP contribution >= 0.6 is 43.0 Å². The van der Waals surface area contributed by atoms with E-state index in [0.717, 1.165) is 53.0 Å². The number of hydrogen-bond donors (Lipinski definition) is 5. The van der Waals surface area contributed by atoms with Gasteiger partial charge in [-0.05, 0) is 81.6 Å². The number of carboxylic acids is 1. The van der Waals surface area contributed by atoms with E-state index >= 15 is 0 Å². The summed E-state index contributed by atoms with van der Waals surface area (Å²) in [5.74, 6) is 1.32. The number of unbranched alkanes of at least 4 members (excludes halogenated alkanes) is 7. The summed E-state index contributed by atoms with van der Waals surface area (Å²) >= 11 is 9.19. The maximum atomic E-state index is 11.9. The fraction of sp³-hybridized carbons (Fsp3) is 0.805. The third-order valence-corrected chi connectivity index (χ3v) is 18.4. The van der Waals surface area contributed by atoms with Crippen molar-refractivity contribution in [2.75, 3.05) is 43.2 Å². The van der Waals surface area contributed by atoms with Crippen molar-refractivity contribution in [3.63, 3.8) is 0 Å². The van der Waals surface area contributed by atoms with Crippen molar-refractivity contribution < 1.29 is 39.8 Å². The molecule has 0 radical (unpaired) electrons. The summed E-state index contributed by atoms with van der Waals surface area (Å²) in [6.45, 7) is 10.2. The molecule has 1 fully saturated rings. The first-order chi connectivity index (χ1) is 25.3. The minimum absolute atomic E-state index is 0.208. The average Bonchev–Trinajstić information content (AvgIpc) is 3.14. The normalized spacial score (nSPS) is 21.5. The van der Waals surface area contributed by atoms with Gasteiger partial charge in [0.25, 0.3) is 0 Å². The lowest BCUT2D eigenvalue weighted by atomic mass is 9.83. The predicted octanol–water partition coefficient (Wildman–Crippen LogP) is 9.10. The second-order valence-corrected chi connectivity index (χ2v) is 23.3. The van der Waals surface area contributed by atoms with Crippen LogP contribution in [0.4, 0.5) is 0 Å². The summed E-state index contributed by atoms with van der Waals surface area (Å²) in [6.07, 6.45) is 12.5. The molecule has 2 rings (SSSR count). The van der Waals surface area contributed by atoms with Crippen molar-refractivity contribution in [3.05, 3.63) is 35.4 Å². The minimum Gasteiger partial charge on any atom is -0.481 e. The molecule has 6 atom stereocenters. The number of hydrogen-bond acceptors (Lipinski definition) is 10. The number of thioether (sulfide) groups is 2. The van der Waals surface area contributed by atoms with Crippen LogP contribution in [0.15, 0.2) is 24.3 Å². The summed E-state index contributed by atoms with van der Waals surface area (Å²) in [5, 5.41) is 50.3. The molecule has 3 unspecified atom stereocenters. The van der Waals surface area contributed by atoms with E-state index in [4.69, 9.17) is 21.7 Å². The summed E-state index contributed by atoms with van der Waals surface area (Å²) in [7, 11) is -1.45. The van der Waals surface area contributed by atoms with Crippen LogP contribution in [-0.2, 0) is 20.4 Å². The van der Waals surface area contributed by atoms with Crippen LogP contribution in [0.25, 0.3) is 0 Å². The van der Waals surface area contributed by atoms with Crippen LogP contribution < -0.4 is 0 Å². The van der Waals surface area contributed by atoms with Crippen molar-refractivity contribution in [2.24, 2.45) is 5.41 Å². The fourth-order valence-electron chi connectivity index (χ4n) is 6.91. The molecule has 5 N–H and O–H groups in total. The van der Waals surface area contributed by atoms with Gasteiger partial charge in [0.2, 0.25) is 0 Å². The summed E-state index contributed by atoms with van der Waals surface area (Å²) < 4.78 is 12.5. The number of carbonyl (C=O) groups is 1. The monoisotopic (exact) mass is 819 g/mol. The SMILES string of the molecule is CCCCCC[P+](CCCCCC)(CCCO[C@H]1OC(CO)[C@@H](O)[C@H](O)C1O)Cc1ccc(C(CCC(C)(C)C(=O)O)CSC(=S)SCCCC)cc1. The van der Waals surface area contributed by atoms with Gasteiger partial charge in [0.15, 0.2) is 6.29 Å². The van der Waals surface area contributed by atoms with E-state index in [1.165, 1.54) is 74.8 Å². The second-order valence-electron chi connectivity index (χ2n) is 15.6. The maximum absolute atomic E-state index is 11.9. The number of rotatable bonds is 28. The van der Waals surface area contributed by atoms with Gasteiger partial charge < -0.3 is 35.0 Å². The highest BCUT2D eigenvalue weighted by Crippen LogP contribution is 2.63. The third kappa shape index (κ3) is 17.8. The van der Waals surface area contributed by atoms with Crippen molar-refractivity contribution in [1.82, 2.24) is 0 Å². The molecule has 1 aromatic rings. The highest BCUT2D eigenvalue weighted by molar-refractivity contribution is 8.47. The van der Waals surface area contributed by atoms with Gasteiger partial charge in [0.1, 0.15) is 27.9 Å². The third-order valence-electron chi connectivity index (χ3n) is 10.7. The molecule has 0 saturated carbocycles. The van der Waals surface area contributed by atoms with Crippen molar-refractivity contribution >= 4 is 52.5 Å². The van der Waals surface area contributed by atoms with Gasteiger partial charge in [0.05, 0.1) is 43.3 Å². The lowest BCUT2D eigenvalue weighted by Crippen LogP contribution is -2.59. The zero-order chi connectivity index (χ0) is 39.3. The van der Waals surface area contributed by atoms with Gasteiger partial charge in [0, 0.05) is 19.4 Å². The number of carboxylic acid groups (broad SMARTS) is 1. The molecule has 0 spiro atoms. The molecule has 306 valence electrons. The molecule has 0 bridgehead atoms. The number of aliphatic carboxylic acids is 1. The standard InChI is InChI=1S/C41H71O8PS3/c1-6-9-12-14-24-50(25-15-13-10-7-2,26-16-23-48-38-37(45)36(44)35(43)34(28-42)49-38)29-31-17-19-32(20-18-31)33(21-22-41(4,5)39(46)47)30-53-40(51)52-27-11-8-3/h17-20,33-38,42-45H,6-16,21-30H2,1-5H3/p+1/t33?,34?,35-,36+,37?,38+/m1/s1. The van der Waals surface area contributed by atoms with Crippen LogP contribution in [0.5, 0.6) is 0 Å². The summed E-state index contributed by atoms with van der Waals surface area (Å²) in [4.78, 5) is 11.9. The Kier molecular flexibility index (Phi) is 24.5. The van der Waals surface area contributed by atoms with Crippen molar-refractivity contribution in [3.8, 4) is 0 Å². The Morgan fingerprint density at radius 1 is 0.868 bits per heavy atom. The fourth-order valence-corrected chi connectivity index (χ4v) is 14.2. The van der Waals surface area contributed by atoms with Gasteiger partial charge in [-0.15, -0.1) is 23.5 Å². The molecule has 8 nitrogen and oxygen atoms in total. The second kappa shape index (κ2) is 26.6.